The summed E-state index contributed by atoms with van der Waals surface area (Å²) in [6, 6.07) is 7.97. The normalized spacial score (nSPS) is 22.6. The molecule has 2 aromatic rings. The minimum Gasteiger partial charge on any atom is -0.493 e. The van der Waals surface area contributed by atoms with Gasteiger partial charge in [0.25, 0.3) is 0 Å². The van der Waals surface area contributed by atoms with Crippen LogP contribution in [-0.2, 0) is 0 Å². The number of halogens is 2. The van der Waals surface area contributed by atoms with Gasteiger partial charge in [-0.05, 0) is 41.7 Å². The molecular weight excluding hydrogens is 385 g/mol. The SMILES string of the molecule is COc1cc([C@H]2Nc3c(ccc(Cl)c3Cl)[C@H]3C=CC[C@H]32)cc(OC)c1OC. The van der Waals surface area contributed by atoms with E-state index in [1.54, 1.807) is 21.3 Å². The van der Waals surface area contributed by atoms with Gasteiger partial charge in [-0.1, -0.05) is 41.4 Å². The van der Waals surface area contributed by atoms with Gasteiger partial charge in [0.15, 0.2) is 11.5 Å². The van der Waals surface area contributed by atoms with Crippen LogP contribution in [0.25, 0.3) is 0 Å². The third-order valence-corrected chi connectivity index (χ3v) is 6.28. The summed E-state index contributed by atoms with van der Waals surface area (Å²) in [5, 5.41) is 4.73. The first-order chi connectivity index (χ1) is 13.1. The largest absolute Gasteiger partial charge is 0.493 e. The fourth-order valence-corrected chi connectivity index (χ4v) is 4.60. The second kappa shape index (κ2) is 7.17. The summed E-state index contributed by atoms with van der Waals surface area (Å²) < 4.78 is 16.5. The maximum Gasteiger partial charge on any atom is 0.203 e. The van der Waals surface area contributed by atoms with Crippen molar-refractivity contribution >= 4 is 28.9 Å². The molecule has 4 rings (SSSR count). The third-order valence-electron chi connectivity index (χ3n) is 5.47. The van der Waals surface area contributed by atoms with Crippen LogP contribution >= 0.6 is 23.2 Å². The van der Waals surface area contributed by atoms with E-state index in [1.807, 2.05) is 18.2 Å². The number of fused-ring (bicyclic) bond motifs is 3. The zero-order chi connectivity index (χ0) is 19.1. The molecule has 6 heteroatoms. The number of benzene rings is 2. The number of allylic oxidation sites excluding steroid dienone is 2. The van der Waals surface area contributed by atoms with Gasteiger partial charge in [0, 0.05) is 5.92 Å². The fraction of sp³-hybridized carbons (Fsp3) is 0.333. The van der Waals surface area contributed by atoms with E-state index in [9.17, 15) is 0 Å². The van der Waals surface area contributed by atoms with Gasteiger partial charge < -0.3 is 19.5 Å². The number of anilines is 1. The van der Waals surface area contributed by atoms with Crippen LogP contribution < -0.4 is 19.5 Å². The molecule has 27 heavy (non-hydrogen) atoms. The van der Waals surface area contributed by atoms with Crippen molar-refractivity contribution in [1.29, 1.82) is 0 Å². The third kappa shape index (κ3) is 2.91. The lowest BCUT2D eigenvalue weighted by Crippen LogP contribution is -2.29. The molecule has 2 aromatic carbocycles. The van der Waals surface area contributed by atoms with Crippen molar-refractivity contribution in [1.82, 2.24) is 0 Å². The molecule has 4 nitrogen and oxygen atoms in total. The number of rotatable bonds is 4. The van der Waals surface area contributed by atoms with Gasteiger partial charge in [0.05, 0.1) is 43.1 Å². The number of methoxy groups -OCH3 is 3. The summed E-state index contributed by atoms with van der Waals surface area (Å²) >= 11 is 12.8. The molecule has 0 radical (unpaired) electrons. The molecule has 0 bridgehead atoms. The first-order valence-corrected chi connectivity index (χ1v) is 9.55. The van der Waals surface area contributed by atoms with Crippen LogP contribution in [0.15, 0.2) is 36.4 Å². The second-order valence-corrected chi connectivity index (χ2v) is 7.54. The summed E-state index contributed by atoms with van der Waals surface area (Å²) in [7, 11) is 4.86. The highest BCUT2D eigenvalue weighted by molar-refractivity contribution is 6.43. The van der Waals surface area contributed by atoms with Crippen LogP contribution in [0.2, 0.25) is 10.0 Å². The summed E-state index contributed by atoms with van der Waals surface area (Å²) in [5.41, 5.74) is 3.15. The summed E-state index contributed by atoms with van der Waals surface area (Å²) in [6.45, 7) is 0. The Hall–Kier alpha value is -2.04. The number of ether oxygens (including phenoxy) is 3. The lowest BCUT2D eigenvalue weighted by Gasteiger charge is -2.38. The van der Waals surface area contributed by atoms with Crippen molar-refractivity contribution in [3.8, 4) is 17.2 Å². The molecule has 0 unspecified atom stereocenters. The van der Waals surface area contributed by atoms with E-state index in [2.05, 4.69) is 23.5 Å². The van der Waals surface area contributed by atoms with Gasteiger partial charge in [-0.3, -0.25) is 0 Å². The predicted octanol–water partition coefficient (Wildman–Crippen LogP) is 5.85. The van der Waals surface area contributed by atoms with Crippen molar-refractivity contribution in [3.63, 3.8) is 0 Å². The Balaban J connectivity index is 1.84. The van der Waals surface area contributed by atoms with Gasteiger partial charge in [-0.2, -0.15) is 0 Å². The minimum atomic E-state index is 0.0437. The maximum atomic E-state index is 6.53. The van der Waals surface area contributed by atoms with Crippen molar-refractivity contribution in [3.05, 3.63) is 57.6 Å². The molecule has 0 amide bonds. The zero-order valence-electron chi connectivity index (χ0n) is 15.4. The zero-order valence-corrected chi connectivity index (χ0v) is 16.9. The van der Waals surface area contributed by atoms with E-state index in [-0.39, 0.29) is 6.04 Å². The van der Waals surface area contributed by atoms with Crippen molar-refractivity contribution < 1.29 is 14.2 Å². The van der Waals surface area contributed by atoms with Gasteiger partial charge in [0.1, 0.15) is 0 Å². The molecule has 2 aliphatic rings. The average Bonchev–Trinajstić information content (AvgIpc) is 3.18. The van der Waals surface area contributed by atoms with E-state index < -0.39 is 0 Å². The number of hydrogen-bond donors (Lipinski definition) is 1. The van der Waals surface area contributed by atoms with Gasteiger partial charge in [0.2, 0.25) is 5.75 Å². The van der Waals surface area contributed by atoms with Crippen molar-refractivity contribution in [2.75, 3.05) is 26.6 Å². The highest BCUT2D eigenvalue weighted by Crippen LogP contribution is 2.53. The first kappa shape index (κ1) is 18.3. The monoisotopic (exact) mass is 405 g/mol. The molecule has 1 N–H and O–H groups in total. The van der Waals surface area contributed by atoms with Crippen molar-refractivity contribution in [2.45, 2.75) is 18.4 Å². The van der Waals surface area contributed by atoms with Crippen molar-refractivity contribution in [2.24, 2.45) is 5.92 Å². The van der Waals surface area contributed by atoms with Crippen LogP contribution in [-0.4, -0.2) is 21.3 Å². The molecule has 142 valence electrons. The Kier molecular flexibility index (Phi) is 4.87. The fourth-order valence-electron chi connectivity index (χ4n) is 4.21. The van der Waals surface area contributed by atoms with E-state index >= 15 is 0 Å². The minimum absolute atomic E-state index is 0.0437. The predicted molar refractivity (Wildman–Crippen MR) is 109 cm³/mol. The Labute approximate surface area is 169 Å². The van der Waals surface area contributed by atoms with Crippen LogP contribution in [0.3, 0.4) is 0 Å². The highest BCUT2D eigenvalue weighted by atomic mass is 35.5. The molecule has 1 aliphatic carbocycles. The van der Waals surface area contributed by atoms with E-state index in [0.717, 1.165) is 17.7 Å². The molecule has 0 spiro atoms. The summed E-state index contributed by atoms with van der Waals surface area (Å²) in [6.07, 6.45) is 5.48. The molecule has 3 atom stereocenters. The molecule has 0 fully saturated rings. The average molecular weight is 406 g/mol. The summed E-state index contributed by atoms with van der Waals surface area (Å²) in [4.78, 5) is 0. The highest BCUT2D eigenvalue weighted by Gasteiger charge is 2.39. The van der Waals surface area contributed by atoms with Gasteiger partial charge in [-0.25, -0.2) is 0 Å². The van der Waals surface area contributed by atoms with Gasteiger partial charge >= 0.3 is 0 Å². The Morgan fingerprint density at radius 3 is 2.33 bits per heavy atom. The molecule has 1 aliphatic heterocycles. The molecule has 0 aromatic heterocycles. The first-order valence-electron chi connectivity index (χ1n) is 8.80. The number of nitrogens with one attached hydrogen (secondary N) is 1. The molecular formula is C21H21Cl2NO3. The lowest BCUT2D eigenvalue weighted by molar-refractivity contribution is 0.322. The number of hydrogen-bond acceptors (Lipinski definition) is 4. The topological polar surface area (TPSA) is 39.7 Å². The van der Waals surface area contributed by atoms with Crippen LogP contribution in [0.4, 0.5) is 5.69 Å². The lowest BCUT2D eigenvalue weighted by atomic mass is 9.77. The van der Waals surface area contributed by atoms with Crippen LogP contribution in [0, 0.1) is 5.92 Å². The quantitative estimate of drug-likeness (QED) is 0.647. The second-order valence-electron chi connectivity index (χ2n) is 6.76. The smallest absolute Gasteiger partial charge is 0.203 e. The van der Waals surface area contributed by atoms with Gasteiger partial charge in [-0.15, -0.1) is 0 Å². The maximum absolute atomic E-state index is 6.53. The van der Waals surface area contributed by atoms with Crippen LogP contribution in [0.1, 0.15) is 29.5 Å². The van der Waals surface area contributed by atoms with E-state index in [0.29, 0.717) is 39.1 Å². The van der Waals surface area contributed by atoms with E-state index in [4.69, 9.17) is 37.4 Å². The molecule has 0 saturated carbocycles. The van der Waals surface area contributed by atoms with E-state index in [1.165, 1.54) is 5.56 Å². The molecule has 1 heterocycles. The van der Waals surface area contributed by atoms with Crippen LogP contribution in [0.5, 0.6) is 17.2 Å². The summed E-state index contributed by atoms with van der Waals surface area (Å²) in [5.74, 6) is 2.53. The Morgan fingerprint density at radius 1 is 1.00 bits per heavy atom. The Morgan fingerprint density at radius 2 is 1.70 bits per heavy atom. The standard InChI is InChI=1S/C21H21Cl2NO3/c1-25-16-9-11(10-17(26-2)21(16)27-3)19-13-6-4-5-12(13)14-7-8-15(22)18(23)20(14)24-19/h4-5,7-10,12-13,19,24H,6H2,1-3H3/t12-,13+,19+/m0/s1. The molecule has 0 saturated heterocycles. The Bertz CT molecular complexity index is 888.